The second-order valence-electron chi connectivity index (χ2n) is 9.30. The first-order chi connectivity index (χ1) is 17.2. The third kappa shape index (κ3) is 4.24. The lowest BCUT2D eigenvalue weighted by Gasteiger charge is -2.23. The number of nitrogens with one attached hydrogen (secondary N) is 1. The summed E-state index contributed by atoms with van der Waals surface area (Å²) in [5, 5.41) is 7.90. The normalized spacial score (nSPS) is 19.5. The minimum absolute atomic E-state index is 0.0234. The van der Waals surface area contributed by atoms with Crippen molar-refractivity contribution in [1.29, 1.82) is 0 Å². The molecule has 2 amide bonds. The fourth-order valence-corrected chi connectivity index (χ4v) is 5.86. The Morgan fingerprint density at radius 2 is 2.08 bits per heavy atom. The SMILES string of the molecule is CCNC(=O)N1CCC2(CCn3nc(-c4cnc(N)c(OC(C)c5c(Cl)ccc(F)c5Cl)c4)cc32)C1. The second kappa shape index (κ2) is 9.44. The van der Waals surface area contributed by atoms with Crippen molar-refractivity contribution < 1.29 is 13.9 Å². The molecule has 5 rings (SSSR count). The third-order valence-electron chi connectivity index (χ3n) is 7.06. The van der Waals surface area contributed by atoms with Gasteiger partial charge in [0.1, 0.15) is 11.9 Å². The molecule has 1 fully saturated rings. The number of aryl methyl sites for hydroxylation is 1. The average molecular weight is 533 g/mol. The summed E-state index contributed by atoms with van der Waals surface area (Å²) in [6, 6.07) is 6.45. The highest BCUT2D eigenvalue weighted by Crippen LogP contribution is 2.44. The van der Waals surface area contributed by atoms with Crippen molar-refractivity contribution in [2.45, 2.75) is 44.8 Å². The molecule has 8 nitrogen and oxygen atoms in total. The maximum atomic E-state index is 14.0. The van der Waals surface area contributed by atoms with Gasteiger partial charge in [-0.15, -0.1) is 0 Å². The van der Waals surface area contributed by atoms with E-state index in [1.807, 2.05) is 16.5 Å². The lowest BCUT2D eigenvalue weighted by molar-refractivity contribution is 0.206. The Balaban J connectivity index is 1.40. The maximum Gasteiger partial charge on any atom is 0.317 e. The topological polar surface area (TPSA) is 98.3 Å². The smallest absolute Gasteiger partial charge is 0.317 e. The van der Waals surface area contributed by atoms with Gasteiger partial charge in [-0.25, -0.2) is 14.2 Å². The van der Waals surface area contributed by atoms with Crippen molar-refractivity contribution in [3.63, 3.8) is 0 Å². The molecule has 2 atom stereocenters. The molecule has 2 unspecified atom stereocenters. The Morgan fingerprint density at radius 3 is 2.86 bits per heavy atom. The third-order valence-corrected chi connectivity index (χ3v) is 7.78. The van der Waals surface area contributed by atoms with Gasteiger partial charge in [0.05, 0.1) is 10.7 Å². The summed E-state index contributed by atoms with van der Waals surface area (Å²) in [5.41, 5.74) is 8.92. The van der Waals surface area contributed by atoms with Gasteiger partial charge in [-0.05, 0) is 51.0 Å². The molecule has 190 valence electrons. The van der Waals surface area contributed by atoms with Crippen LogP contribution in [0.2, 0.25) is 10.0 Å². The number of rotatable bonds is 5. The van der Waals surface area contributed by atoms with Crippen molar-refractivity contribution in [2.75, 3.05) is 25.4 Å². The first-order valence-electron chi connectivity index (χ1n) is 11.9. The summed E-state index contributed by atoms with van der Waals surface area (Å²) in [4.78, 5) is 18.5. The van der Waals surface area contributed by atoms with Crippen LogP contribution in [0.15, 0.2) is 30.5 Å². The van der Waals surface area contributed by atoms with Crippen molar-refractivity contribution in [1.82, 2.24) is 25.0 Å². The monoisotopic (exact) mass is 532 g/mol. The van der Waals surface area contributed by atoms with Crippen molar-refractivity contribution in [3.8, 4) is 17.0 Å². The molecule has 0 radical (unpaired) electrons. The number of amides is 2. The number of fused-ring (bicyclic) bond motifs is 2. The number of aromatic nitrogens is 3. The minimum Gasteiger partial charge on any atom is -0.482 e. The summed E-state index contributed by atoms with van der Waals surface area (Å²) >= 11 is 12.4. The lowest BCUT2D eigenvalue weighted by Crippen LogP contribution is -2.40. The molecule has 36 heavy (non-hydrogen) atoms. The van der Waals surface area contributed by atoms with Gasteiger partial charge < -0.3 is 20.7 Å². The average Bonchev–Trinajstić information content (AvgIpc) is 3.55. The number of urea groups is 1. The number of nitrogens with two attached hydrogens (primary N) is 1. The quantitative estimate of drug-likeness (QED) is 0.440. The number of carbonyl (C=O) groups is 1. The van der Waals surface area contributed by atoms with Gasteiger partial charge in [0.25, 0.3) is 0 Å². The molecule has 2 aromatic heterocycles. The number of ether oxygens (including phenoxy) is 1. The van der Waals surface area contributed by atoms with Crippen molar-refractivity contribution >= 4 is 35.1 Å². The van der Waals surface area contributed by atoms with E-state index in [1.54, 1.807) is 19.2 Å². The summed E-state index contributed by atoms with van der Waals surface area (Å²) in [7, 11) is 0. The van der Waals surface area contributed by atoms with Crippen LogP contribution in [0.25, 0.3) is 11.3 Å². The largest absolute Gasteiger partial charge is 0.482 e. The first-order valence-corrected chi connectivity index (χ1v) is 12.6. The Morgan fingerprint density at radius 1 is 1.31 bits per heavy atom. The van der Waals surface area contributed by atoms with E-state index in [2.05, 4.69) is 16.4 Å². The van der Waals surface area contributed by atoms with Crippen LogP contribution in [0.1, 0.15) is 44.1 Å². The number of anilines is 1. The summed E-state index contributed by atoms with van der Waals surface area (Å²) in [5.74, 6) is -0.0705. The van der Waals surface area contributed by atoms with E-state index in [0.717, 1.165) is 42.9 Å². The Labute approximate surface area is 218 Å². The summed E-state index contributed by atoms with van der Waals surface area (Å²) < 4.78 is 22.1. The van der Waals surface area contributed by atoms with Gasteiger partial charge in [0.15, 0.2) is 11.6 Å². The molecular formula is C25H27Cl2FN6O2. The van der Waals surface area contributed by atoms with Gasteiger partial charge in [0.2, 0.25) is 0 Å². The molecule has 11 heteroatoms. The lowest BCUT2D eigenvalue weighted by atomic mass is 9.82. The van der Waals surface area contributed by atoms with Gasteiger partial charge >= 0.3 is 6.03 Å². The number of halogens is 3. The number of nitrogens with zero attached hydrogens (tertiary/aromatic N) is 4. The number of hydrogen-bond donors (Lipinski definition) is 2. The van der Waals surface area contributed by atoms with Crippen LogP contribution in [0.3, 0.4) is 0 Å². The molecule has 0 bridgehead atoms. The molecule has 0 aliphatic carbocycles. The fourth-order valence-electron chi connectivity index (χ4n) is 5.18. The fraction of sp³-hybridized carbons (Fsp3) is 0.400. The van der Waals surface area contributed by atoms with Crippen molar-refractivity contribution in [2.24, 2.45) is 0 Å². The Hall–Kier alpha value is -3.04. The van der Waals surface area contributed by atoms with Crippen LogP contribution >= 0.6 is 23.2 Å². The van der Waals surface area contributed by atoms with Gasteiger partial charge in [-0.1, -0.05) is 23.2 Å². The maximum absolute atomic E-state index is 14.0. The van der Waals surface area contributed by atoms with Crippen LogP contribution < -0.4 is 15.8 Å². The number of benzene rings is 1. The number of hydrogen-bond acceptors (Lipinski definition) is 5. The van der Waals surface area contributed by atoms with E-state index in [0.29, 0.717) is 29.4 Å². The van der Waals surface area contributed by atoms with Crippen LogP contribution in [0, 0.1) is 5.82 Å². The van der Waals surface area contributed by atoms with E-state index in [-0.39, 0.29) is 22.3 Å². The molecule has 4 heterocycles. The number of nitrogen functional groups attached to an aromatic ring is 1. The van der Waals surface area contributed by atoms with Gasteiger partial charge in [-0.3, -0.25) is 4.68 Å². The van der Waals surface area contributed by atoms with E-state index < -0.39 is 11.9 Å². The molecule has 0 saturated carbocycles. The predicted octanol–water partition coefficient (Wildman–Crippen LogP) is 5.19. The molecule has 1 aromatic carbocycles. The zero-order chi connectivity index (χ0) is 25.6. The number of likely N-dealkylation sites (tertiary alicyclic amines) is 1. The molecule has 2 aliphatic rings. The van der Waals surface area contributed by atoms with E-state index >= 15 is 0 Å². The minimum atomic E-state index is -0.672. The Kier molecular flexibility index (Phi) is 6.46. The van der Waals surface area contributed by atoms with Crippen LogP contribution in [0.4, 0.5) is 15.0 Å². The van der Waals surface area contributed by atoms with Crippen LogP contribution in [0.5, 0.6) is 5.75 Å². The van der Waals surface area contributed by atoms with Gasteiger partial charge in [0, 0.05) is 59.6 Å². The molecule has 3 N–H and O–H groups in total. The predicted molar refractivity (Wildman–Crippen MR) is 137 cm³/mol. The zero-order valence-electron chi connectivity index (χ0n) is 20.0. The molecule has 2 aliphatic heterocycles. The molecule has 1 spiro atoms. The molecular weight excluding hydrogens is 506 g/mol. The summed E-state index contributed by atoms with van der Waals surface area (Å²) in [6.45, 7) is 6.42. The second-order valence-corrected chi connectivity index (χ2v) is 10.1. The van der Waals surface area contributed by atoms with E-state index in [1.165, 1.54) is 12.1 Å². The standard InChI is InChI=1S/C25H27Cl2FN6O2/c1-3-30-24(35)33-8-6-25(13-33)7-9-34-20(25)11-18(32-34)15-10-19(23(29)31-12-15)36-14(2)21-16(26)4-5-17(28)22(21)27/h4-5,10-12,14H,3,6-9,13H2,1-2H3,(H2,29,31)(H,30,35). The van der Waals surface area contributed by atoms with Crippen LogP contribution in [-0.4, -0.2) is 45.3 Å². The zero-order valence-corrected chi connectivity index (χ0v) is 21.5. The van der Waals surface area contributed by atoms with E-state index in [9.17, 15) is 9.18 Å². The highest BCUT2D eigenvalue weighted by atomic mass is 35.5. The first kappa shape index (κ1) is 24.6. The number of pyridine rings is 1. The molecule has 1 saturated heterocycles. The van der Waals surface area contributed by atoms with Crippen molar-refractivity contribution in [3.05, 3.63) is 57.6 Å². The van der Waals surface area contributed by atoms with E-state index in [4.69, 9.17) is 38.8 Å². The number of carbonyl (C=O) groups excluding carboxylic acids is 1. The highest BCUT2D eigenvalue weighted by molar-refractivity contribution is 6.36. The molecule has 3 aromatic rings. The van der Waals surface area contributed by atoms with Gasteiger partial charge in [-0.2, -0.15) is 5.10 Å². The summed E-state index contributed by atoms with van der Waals surface area (Å²) in [6.07, 6.45) is 2.83. The van der Waals surface area contributed by atoms with Crippen LogP contribution in [-0.2, 0) is 12.0 Å². The Bertz CT molecular complexity index is 1330. The highest BCUT2D eigenvalue weighted by Gasteiger charge is 2.46.